The van der Waals surface area contributed by atoms with Gasteiger partial charge in [0, 0.05) is 19.3 Å². The third kappa shape index (κ3) is 3.80. The number of nitrogens with zero attached hydrogens (tertiary/aromatic N) is 3. The van der Waals surface area contributed by atoms with Gasteiger partial charge < -0.3 is 10.6 Å². The van der Waals surface area contributed by atoms with E-state index in [0.29, 0.717) is 5.56 Å². The van der Waals surface area contributed by atoms with E-state index in [1.807, 2.05) is 13.0 Å². The van der Waals surface area contributed by atoms with Crippen molar-refractivity contribution in [2.75, 3.05) is 13.6 Å². The summed E-state index contributed by atoms with van der Waals surface area (Å²) in [6, 6.07) is 5.32. The van der Waals surface area contributed by atoms with Crippen molar-refractivity contribution >= 4 is 5.91 Å². The summed E-state index contributed by atoms with van der Waals surface area (Å²) in [5.74, 6) is 5.29. The molecule has 0 fully saturated rings. The largest absolute Gasteiger partial charge is 0.337 e. The molecule has 0 aliphatic carbocycles. The van der Waals surface area contributed by atoms with Crippen molar-refractivity contribution in [2.24, 2.45) is 5.73 Å². The highest BCUT2D eigenvalue weighted by atomic mass is 16.2. The fraction of sp³-hybridized carbons (Fsp3) is 0.357. The first-order chi connectivity index (χ1) is 9.11. The lowest BCUT2D eigenvalue weighted by Gasteiger charge is -2.22. The van der Waals surface area contributed by atoms with Crippen LogP contribution in [0, 0.1) is 23.2 Å². The Morgan fingerprint density at radius 1 is 1.63 bits per heavy atom. The van der Waals surface area contributed by atoms with E-state index in [2.05, 4.69) is 16.8 Å². The lowest BCUT2D eigenvalue weighted by molar-refractivity contribution is 0.0740. The van der Waals surface area contributed by atoms with E-state index in [9.17, 15) is 4.79 Å². The van der Waals surface area contributed by atoms with Crippen LogP contribution in [0.25, 0.3) is 0 Å². The molecule has 0 spiro atoms. The molecule has 0 saturated heterocycles. The Labute approximate surface area is 113 Å². The molecule has 19 heavy (non-hydrogen) atoms. The second kappa shape index (κ2) is 7.15. The van der Waals surface area contributed by atoms with Gasteiger partial charge in [-0.15, -0.1) is 0 Å². The molecule has 0 aliphatic heterocycles. The maximum atomic E-state index is 12.3. The van der Waals surface area contributed by atoms with Gasteiger partial charge >= 0.3 is 0 Å². The van der Waals surface area contributed by atoms with E-state index in [4.69, 9.17) is 11.0 Å². The van der Waals surface area contributed by atoms with Gasteiger partial charge in [0.2, 0.25) is 0 Å². The highest BCUT2D eigenvalue weighted by Crippen LogP contribution is 2.10. The highest BCUT2D eigenvalue weighted by Gasteiger charge is 2.20. The second-order valence-electron chi connectivity index (χ2n) is 4.03. The lowest BCUT2D eigenvalue weighted by atomic mass is 10.1. The van der Waals surface area contributed by atoms with Crippen LogP contribution in [-0.4, -0.2) is 35.4 Å². The zero-order valence-electron chi connectivity index (χ0n) is 11.1. The van der Waals surface area contributed by atoms with Crippen LogP contribution < -0.4 is 5.73 Å². The van der Waals surface area contributed by atoms with Crippen molar-refractivity contribution in [3.63, 3.8) is 0 Å². The second-order valence-corrected chi connectivity index (χ2v) is 4.03. The molecular weight excluding hydrogens is 240 g/mol. The number of nitriles is 1. The third-order valence-corrected chi connectivity index (χ3v) is 2.70. The van der Waals surface area contributed by atoms with Crippen molar-refractivity contribution in [1.82, 2.24) is 9.88 Å². The van der Waals surface area contributed by atoms with Crippen LogP contribution in [-0.2, 0) is 0 Å². The molecule has 0 radical (unpaired) electrons. The van der Waals surface area contributed by atoms with Gasteiger partial charge in [0.1, 0.15) is 5.69 Å². The molecule has 1 aromatic rings. The number of carbonyl (C=O) groups excluding carboxylic acids is 1. The number of amides is 1. The lowest BCUT2D eigenvalue weighted by Crippen LogP contribution is -2.35. The Balaban J connectivity index is 3.03. The number of hydrogen-bond donors (Lipinski definition) is 1. The molecule has 1 atom stereocenters. The molecular formula is C14H16N4O. The molecule has 5 nitrogen and oxygen atoms in total. The van der Waals surface area contributed by atoms with Gasteiger partial charge in [0.25, 0.3) is 5.91 Å². The van der Waals surface area contributed by atoms with Crippen molar-refractivity contribution in [3.05, 3.63) is 29.6 Å². The Morgan fingerprint density at radius 3 is 3.00 bits per heavy atom. The van der Waals surface area contributed by atoms with Gasteiger partial charge in [-0.3, -0.25) is 4.79 Å². The number of carbonyl (C=O) groups is 1. The van der Waals surface area contributed by atoms with Crippen molar-refractivity contribution in [1.29, 1.82) is 5.26 Å². The summed E-state index contributed by atoms with van der Waals surface area (Å²) in [5.41, 5.74) is 6.16. The molecule has 1 amide bonds. The number of hydrogen-bond acceptors (Lipinski definition) is 4. The minimum Gasteiger partial charge on any atom is -0.337 e. The topological polar surface area (TPSA) is 83.0 Å². The summed E-state index contributed by atoms with van der Waals surface area (Å²) in [6.07, 6.45) is 1.82. The van der Waals surface area contributed by atoms with Gasteiger partial charge in [-0.2, -0.15) is 5.26 Å². The number of pyridine rings is 1. The van der Waals surface area contributed by atoms with Gasteiger partial charge in [0.15, 0.2) is 0 Å². The number of nitrogens with two attached hydrogens (primary N) is 1. The molecule has 0 aliphatic rings. The highest BCUT2D eigenvalue weighted by molar-refractivity contribution is 5.94. The van der Waals surface area contributed by atoms with Crippen LogP contribution in [0.15, 0.2) is 18.3 Å². The molecule has 0 bridgehead atoms. The van der Waals surface area contributed by atoms with Crippen LogP contribution in [0.4, 0.5) is 0 Å². The van der Waals surface area contributed by atoms with E-state index < -0.39 is 0 Å². The van der Waals surface area contributed by atoms with E-state index in [-0.39, 0.29) is 30.6 Å². The van der Waals surface area contributed by atoms with Crippen molar-refractivity contribution < 1.29 is 4.79 Å². The zero-order valence-corrected chi connectivity index (χ0v) is 11.1. The Hall–Kier alpha value is -2.37. The maximum absolute atomic E-state index is 12.3. The van der Waals surface area contributed by atoms with E-state index in [0.717, 1.165) is 0 Å². The predicted octanol–water partition coefficient (Wildman–Crippen LogP) is 0.766. The van der Waals surface area contributed by atoms with Gasteiger partial charge in [-0.25, -0.2) is 4.98 Å². The zero-order chi connectivity index (χ0) is 14.3. The summed E-state index contributed by atoms with van der Waals surface area (Å²) in [7, 11) is 1.65. The van der Waals surface area contributed by atoms with Gasteiger partial charge in [-0.1, -0.05) is 11.8 Å². The van der Waals surface area contributed by atoms with E-state index in [1.54, 1.807) is 25.4 Å². The van der Waals surface area contributed by atoms with Crippen LogP contribution >= 0.6 is 0 Å². The summed E-state index contributed by atoms with van der Waals surface area (Å²) >= 11 is 0. The minimum absolute atomic E-state index is 0.171. The SMILES string of the molecule is CC(CC#N)N(C)C(=O)c1ncccc1C#CCN. The predicted molar refractivity (Wildman–Crippen MR) is 72.0 cm³/mol. The molecule has 0 aromatic carbocycles. The van der Waals surface area contributed by atoms with Crippen LogP contribution in [0.2, 0.25) is 0 Å². The average Bonchev–Trinajstić information content (AvgIpc) is 2.44. The molecule has 2 N–H and O–H groups in total. The molecule has 1 unspecified atom stereocenters. The van der Waals surface area contributed by atoms with Crippen molar-refractivity contribution in [3.8, 4) is 17.9 Å². The summed E-state index contributed by atoms with van der Waals surface area (Å²) in [5, 5.41) is 8.67. The van der Waals surface area contributed by atoms with Crippen molar-refractivity contribution in [2.45, 2.75) is 19.4 Å². The smallest absolute Gasteiger partial charge is 0.273 e. The Kier molecular flexibility index (Phi) is 5.53. The molecule has 5 heteroatoms. The maximum Gasteiger partial charge on any atom is 0.273 e. The molecule has 1 aromatic heterocycles. The Morgan fingerprint density at radius 2 is 2.37 bits per heavy atom. The summed E-state index contributed by atoms with van der Waals surface area (Å²) < 4.78 is 0. The number of aromatic nitrogens is 1. The first-order valence-electron chi connectivity index (χ1n) is 5.89. The molecule has 1 rings (SSSR count). The minimum atomic E-state index is -0.246. The fourth-order valence-electron chi connectivity index (χ4n) is 1.46. The quantitative estimate of drug-likeness (QED) is 0.809. The monoisotopic (exact) mass is 256 g/mol. The first-order valence-corrected chi connectivity index (χ1v) is 5.89. The van der Waals surface area contributed by atoms with Gasteiger partial charge in [0.05, 0.1) is 24.6 Å². The van der Waals surface area contributed by atoms with Crippen LogP contribution in [0.3, 0.4) is 0 Å². The third-order valence-electron chi connectivity index (χ3n) is 2.70. The number of rotatable bonds is 3. The van der Waals surface area contributed by atoms with E-state index in [1.165, 1.54) is 4.90 Å². The van der Waals surface area contributed by atoms with Crippen LogP contribution in [0.5, 0.6) is 0 Å². The van der Waals surface area contributed by atoms with Gasteiger partial charge in [-0.05, 0) is 19.1 Å². The van der Waals surface area contributed by atoms with Crippen LogP contribution in [0.1, 0.15) is 29.4 Å². The van der Waals surface area contributed by atoms with E-state index >= 15 is 0 Å². The molecule has 98 valence electrons. The fourth-order valence-corrected chi connectivity index (χ4v) is 1.46. The normalized spacial score (nSPS) is 10.8. The summed E-state index contributed by atoms with van der Waals surface area (Å²) in [6.45, 7) is 2.04. The summed E-state index contributed by atoms with van der Waals surface area (Å²) in [4.78, 5) is 17.9. The standard InChI is InChI=1S/C14H16N4O/c1-11(7-9-16)18(2)14(19)13-12(5-3-8-15)6-4-10-17-13/h4,6,10-11H,7-8,15H2,1-2H3. The average molecular weight is 256 g/mol. The Bertz CT molecular complexity index is 551. The molecule has 0 saturated carbocycles. The molecule has 1 heterocycles. The first kappa shape index (κ1) is 14.7.